The summed E-state index contributed by atoms with van der Waals surface area (Å²) >= 11 is 1.76. The van der Waals surface area contributed by atoms with E-state index in [0.29, 0.717) is 0 Å². The number of hydrogen-bond donors (Lipinski definition) is 1. The second-order valence-corrected chi connectivity index (χ2v) is 8.26. The van der Waals surface area contributed by atoms with Crippen LogP contribution in [0.15, 0.2) is 41.4 Å². The first-order chi connectivity index (χ1) is 12.1. The van der Waals surface area contributed by atoms with Crippen LogP contribution in [0.3, 0.4) is 0 Å². The molecule has 3 nitrogen and oxygen atoms in total. The highest BCUT2D eigenvalue weighted by Crippen LogP contribution is 2.46. The van der Waals surface area contributed by atoms with E-state index in [4.69, 9.17) is 4.98 Å². The molecular weight excluding hydrogens is 328 g/mol. The van der Waals surface area contributed by atoms with E-state index in [-0.39, 0.29) is 5.92 Å². The van der Waals surface area contributed by atoms with Gasteiger partial charge >= 0.3 is 0 Å². The van der Waals surface area contributed by atoms with Gasteiger partial charge in [0.2, 0.25) is 0 Å². The molecule has 0 radical (unpaired) electrons. The molecule has 2 aliphatic rings. The molecule has 1 aliphatic heterocycles. The van der Waals surface area contributed by atoms with Crippen molar-refractivity contribution in [3.63, 3.8) is 0 Å². The summed E-state index contributed by atoms with van der Waals surface area (Å²) in [5.41, 5.74) is 3.48. The molecule has 0 spiro atoms. The number of piperidine rings is 1. The van der Waals surface area contributed by atoms with E-state index in [1.54, 1.807) is 11.8 Å². The molecule has 4 rings (SSSR count). The second-order valence-electron chi connectivity index (χ2n) is 7.38. The van der Waals surface area contributed by atoms with Crippen LogP contribution in [0.2, 0.25) is 0 Å². The van der Waals surface area contributed by atoms with E-state index >= 15 is 0 Å². The average molecular weight is 355 g/mol. The average Bonchev–Trinajstić information content (AvgIpc) is 2.78. The van der Waals surface area contributed by atoms with Crippen molar-refractivity contribution < 1.29 is 5.11 Å². The molecule has 1 aliphatic carbocycles. The van der Waals surface area contributed by atoms with E-state index < -0.39 is 5.60 Å². The third-order valence-electron chi connectivity index (χ3n) is 5.95. The lowest BCUT2D eigenvalue weighted by Gasteiger charge is -2.41. The van der Waals surface area contributed by atoms with Gasteiger partial charge in [0.25, 0.3) is 0 Å². The molecule has 25 heavy (non-hydrogen) atoms. The van der Waals surface area contributed by atoms with Crippen molar-refractivity contribution in [2.75, 3.05) is 26.4 Å². The van der Waals surface area contributed by atoms with Crippen molar-refractivity contribution in [1.29, 1.82) is 0 Å². The predicted molar refractivity (Wildman–Crippen MR) is 103 cm³/mol. The van der Waals surface area contributed by atoms with Gasteiger partial charge in [0.15, 0.2) is 0 Å². The zero-order chi connectivity index (χ0) is 17.4. The molecule has 2 aromatic rings. The summed E-state index contributed by atoms with van der Waals surface area (Å²) in [5, 5.41) is 12.1. The lowest BCUT2D eigenvalue weighted by atomic mass is 9.72. The van der Waals surface area contributed by atoms with Gasteiger partial charge in [-0.3, -0.25) is 4.98 Å². The number of pyridine rings is 1. The Morgan fingerprint density at radius 3 is 2.68 bits per heavy atom. The Bertz CT molecular complexity index is 770. The Balaban J connectivity index is 1.88. The van der Waals surface area contributed by atoms with Crippen molar-refractivity contribution in [3.8, 4) is 0 Å². The molecule has 0 saturated carbocycles. The third-order valence-corrected chi connectivity index (χ3v) is 6.67. The van der Waals surface area contributed by atoms with Gasteiger partial charge in [0, 0.05) is 17.0 Å². The zero-order valence-corrected chi connectivity index (χ0v) is 15.9. The van der Waals surface area contributed by atoms with Gasteiger partial charge < -0.3 is 10.0 Å². The fraction of sp³-hybridized carbons (Fsp3) is 0.476. The van der Waals surface area contributed by atoms with Gasteiger partial charge in [-0.25, -0.2) is 0 Å². The number of aromatic nitrogens is 1. The maximum Gasteiger partial charge on any atom is 0.135 e. The molecule has 1 aromatic carbocycles. The van der Waals surface area contributed by atoms with E-state index in [9.17, 15) is 5.11 Å². The summed E-state index contributed by atoms with van der Waals surface area (Å²) in [6, 6.07) is 10.7. The number of aryl methyl sites for hydroxylation is 2. The van der Waals surface area contributed by atoms with E-state index in [1.807, 2.05) is 12.3 Å². The van der Waals surface area contributed by atoms with Crippen LogP contribution in [0.4, 0.5) is 0 Å². The summed E-state index contributed by atoms with van der Waals surface area (Å²) in [6.45, 7) is 2.07. The highest BCUT2D eigenvalue weighted by Gasteiger charge is 2.45. The topological polar surface area (TPSA) is 36.4 Å². The van der Waals surface area contributed by atoms with E-state index in [0.717, 1.165) is 50.0 Å². The molecule has 0 bridgehead atoms. The molecule has 2 heterocycles. The molecule has 1 saturated heterocycles. The number of hydrogen-bond acceptors (Lipinski definition) is 4. The van der Waals surface area contributed by atoms with Crippen molar-refractivity contribution in [2.45, 2.75) is 36.2 Å². The minimum Gasteiger partial charge on any atom is -0.378 e. The minimum atomic E-state index is -0.972. The molecule has 1 N–H and O–H groups in total. The molecule has 1 fully saturated rings. The predicted octanol–water partition coefficient (Wildman–Crippen LogP) is 3.48. The van der Waals surface area contributed by atoms with Gasteiger partial charge in [-0.15, -0.1) is 11.8 Å². The number of aliphatic hydroxyl groups is 1. The Labute approximate surface area is 154 Å². The van der Waals surface area contributed by atoms with Crippen LogP contribution >= 0.6 is 11.8 Å². The number of thioether (sulfide) groups is 1. The third kappa shape index (κ3) is 2.90. The summed E-state index contributed by atoms with van der Waals surface area (Å²) in [5.74, 6) is 0.217. The van der Waals surface area contributed by atoms with Gasteiger partial charge in [0.05, 0.1) is 5.69 Å². The number of nitrogens with zero attached hydrogens (tertiary/aromatic N) is 2. The van der Waals surface area contributed by atoms with Crippen molar-refractivity contribution in [2.24, 2.45) is 5.92 Å². The second kappa shape index (κ2) is 6.75. The van der Waals surface area contributed by atoms with Crippen LogP contribution in [0, 0.1) is 5.92 Å². The largest absolute Gasteiger partial charge is 0.378 e. The lowest BCUT2D eigenvalue weighted by molar-refractivity contribution is -0.0148. The van der Waals surface area contributed by atoms with E-state index in [1.165, 1.54) is 16.0 Å². The van der Waals surface area contributed by atoms with Crippen LogP contribution in [0.25, 0.3) is 0 Å². The molecule has 132 valence electrons. The normalized spacial score (nSPS) is 24.4. The van der Waals surface area contributed by atoms with Crippen LogP contribution in [0.5, 0.6) is 0 Å². The molecular formula is C21H26N2OS. The maximum atomic E-state index is 12.1. The molecule has 0 amide bonds. The lowest BCUT2D eigenvalue weighted by Crippen LogP contribution is -2.44. The SMILES string of the molecule is CSc1ccc2c(c1)CCc1cccnc1C2(O)C1CCN(C)CC1. The van der Waals surface area contributed by atoms with Crippen molar-refractivity contribution >= 4 is 11.8 Å². The summed E-state index contributed by atoms with van der Waals surface area (Å²) < 4.78 is 0. The van der Waals surface area contributed by atoms with Crippen LogP contribution in [-0.2, 0) is 18.4 Å². The maximum absolute atomic E-state index is 12.1. The first-order valence-corrected chi connectivity index (χ1v) is 10.4. The van der Waals surface area contributed by atoms with Crippen LogP contribution < -0.4 is 0 Å². The highest BCUT2D eigenvalue weighted by molar-refractivity contribution is 7.98. The number of rotatable bonds is 2. The number of benzene rings is 1. The summed E-state index contributed by atoms with van der Waals surface area (Å²) in [7, 11) is 2.16. The van der Waals surface area contributed by atoms with Gasteiger partial charge in [0.1, 0.15) is 5.60 Å². The molecule has 1 aromatic heterocycles. The van der Waals surface area contributed by atoms with E-state index in [2.05, 4.69) is 42.5 Å². The van der Waals surface area contributed by atoms with Crippen LogP contribution in [0.1, 0.15) is 35.2 Å². The molecule has 1 unspecified atom stereocenters. The Hall–Kier alpha value is -1.36. The fourth-order valence-electron chi connectivity index (χ4n) is 4.50. The van der Waals surface area contributed by atoms with Crippen LogP contribution in [-0.4, -0.2) is 41.4 Å². The van der Waals surface area contributed by atoms with Gasteiger partial charge in [-0.1, -0.05) is 12.1 Å². The fourth-order valence-corrected chi connectivity index (χ4v) is 4.96. The highest BCUT2D eigenvalue weighted by atomic mass is 32.2. The molecule has 4 heteroatoms. The quantitative estimate of drug-likeness (QED) is 0.838. The number of fused-ring (bicyclic) bond motifs is 2. The zero-order valence-electron chi connectivity index (χ0n) is 15.0. The monoisotopic (exact) mass is 354 g/mol. The van der Waals surface area contributed by atoms with Crippen molar-refractivity contribution in [3.05, 3.63) is 58.9 Å². The molecule has 1 atom stereocenters. The summed E-state index contributed by atoms with van der Waals surface area (Å²) in [4.78, 5) is 8.32. The number of likely N-dealkylation sites (tertiary alicyclic amines) is 1. The van der Waals surface area contributed by atoms with Crippen molar-refractivity contribution in [1.82, 2.24) is 9.88 Å². The first-order valence-electron chi connectivity index (χ1n) is 9.15. The Morgan fingerprint density at radius 2 is 1.92 bits per heavy atom. The smallest absolute Gasteiger partial charge is 0.135 e. The Morgan fingerprint density at radius 1 is 1.16 bits per heavy atom. The summed E-state index contributed by atoms with van der Waals surface area (Å²) in [6.07, 6.45) is 7.87. The van der Waals surface area contributed by atoms with Gasteiger partial charge in [-0.2, -0.15) is 0 Å². The van der Waals surface area contributed by atoms with Gasteiger partial charge in [-0.05, 0) is 87.0 Å². The Kier molecular flexibility index (Phi) is 4.61. The minimum absolute atomic E-state index is 0.217. The standard InChI is InChI=1S/C21H26N2OS/c1-23-12-9-17(10-13-23)21(24)19-8-7-18(25-2)14-16(19)6-5-15-4-3-11-22-20(15)21/h3-4,7-8,11,14,17,24H,5-6,9-10,12-13H2,1-2H3. The first kappa shape index (κ1) is 17.1.